The summed E-state index contributed by atoms with van der Waals surface area (Å²) in [5.74, 6) is 1.61. The number of carbonyl (C=O) groups excluding carboxylic acids is 1. The van der Waals surface area contributed by atoms with E-state index in [2.05, 4.69) is 28.9 Å². The number of amides is 1. The Morgan fingerprint density at radius 1 is 1.21 bits per heavy atom. The topological polar surface area (TPSA) is 90.9 Å². The predicted molar refractivity (Wildman–Crippen MR) is 110 cm³/mol. The zero-order valence-corrected chi connectivity index (χ0v) is 17.7. The van der Waals surface area contributed by atoms with Crippen LogP contribution >= 0.6 is 12.4 Å². The monoisotopic (exact) mass is 426 g/mol. The SMILES string of the molecule is CC(C)CC(N=C1NS(=O)(=O)c2ccccc21)C(=O)N1C[C@H]2CNC[C@H]2C1.Cl. The van der Waals surface area contributed by atoms with Gasteiger partial charge in [-0.1, -0.05) is 26.0 Å². The van der Waals surface area contributed by atoms with Crippen molar-refractivity contribution in [2.75, 3.05) is 26.2 Å². The molecule has 1 unspecified atom stereocenters. The third-order valence-electron chi connectivity index (χ3n) is 5.63. The van der Waals surface area contributed by atoms with E-state index in [9.17, 15) is 13.2 Å². The highest BCUT2D eigenvalue weighted by molar-refractivity contribution is 7.90. The number of sulfonamides is 1. The Morgan fingerprint density at radius 3 is 2.50 bits per heavy atom. The van der Waals surface area contributed by atoms with E-state index in [1.54, 1.807) is 24.3 Å². The van der Waals surface area contributed by atoms with E-state index in [0.29, 0.717) is 23.8 Å². The van der Waals surface area contributed by atoms with Crippen LogP contribution in [0.15, 0.2) is 34.2 Å². The van der Waals surface area contributed by atoms with Gasteiger partial charge in [-0.15, -0.1) is 12.4 Å². The van der Waals surface area contributed by atoms with E-state index >= 15 is 0 Å². The van der Waals surface area contributed by atoms with Crippen LogP contribution in [0.25, 0.3) is 0 Å². The lowest BCUT2D eigenvalue weighted by molar-refractivity contribution is -0.132. The Morgan fingerprint density at radius 2 is 1.86 bits per heavy atom. The summed E-state index contributed by atoms with van der Waals surface area (Å²) in [6.07, 6.45) is 0.594. The fraction of sp³-hybridized carbons (Fsp3) is 0.579. The van der Waals surface area contributed by atoms with Gasteiger partial charge >= 0.3 is 0 Å². The summed E-state index contributed by atoms with van der Waals surface area (Å²) in [5.41, 5.74) is 0.543. The lowest BCUT2D eigenvalue weighted by Crippen LogP contribution is -2.40. The van der Waals surface area contributed by atoms with Crippen molar-refractivity contribution in [1.29, 1.82) is 0 Å². The first-order valence-corrected chi connectivity index (χ1v) is 11.0. The first-order chi connectivity index (χ1) is 12.8. The quantitative estimate of drug-likeness (QED) is 0.757. The molecule has 0 spiro atoms. The maximum absolute atomic E-state index is 13.2. The Hall–Kier alpha value is -1.64. The number of nitrogens with one attached hydrogen (secondary N) is 2. The Kier molecular flexibility index (Phi) is 6.03. The van der Waals surface area contributed by atoms with Crippen molar-refractivity contribution in [3.8, 4) is 0 Å². The number of aliphatic imine (C=N–C) groups is 1. The van der Waals surface area contributed by atoms with Gasteiger partial charge in [0.25, 0.3) is 10.0 Å². The Labute approximate surface area is 172 Å². The molecule has 1 aromatic rings. The van der Waals surface area contributed by atoms with Gasteiger partial charge in [0.2, 0.25) is 5.91 Å². The molecule has 4 rings (SSSR count). The summed E-state index contributed by atoms with van der Waals surface area (Å²) in [6, 6.07) is 6.20. The van der Waals surface area contributed by atoms with Crippen LogP contribution in [0.4, 0.5) is 0 Å². The Bertz CT molecular complexity index is 875. The second-order valence-electron chi connectivity index (χ2n) is 8.15. The van der Waals surface area contributed by atoms with Gasteiger partial charge in [-0.3, -0.25) is 14.5 Å². The zero-order valence-electron chi connectivity index (χ0n) is 16.1. The molecule has 0 bridgehead atoms. The molecule has 2 N–H and O–H groups in total. The van der Waals surface area contributed by atoms with Crippen molar-refractivity contribution in [3.05, 3.63) is 29.8 Å². The number of benzene rings is 1. The van der Waals surface area contributed by atoms with Gasteiger partial charge in [0, 0.05) is 31.7 Å². The molecular weight excluding hydrogens is 400 g/mol. The summed E-state index contributed by atoms with van der Waals surface area (Å²) in [6.45, 7) is 7.55. The van der Waals surface area contributed by atoms with Crippen LogP contribution in [0.2, 0.25) is 0 Å². The third kappa shape index (κ3) is 3.90. The van der Waals surface area contributed by atoms with E-state index in [-0.39, 0.29) is 35.0 Å². The lowest BCUT2D eigenvalue weighted by Gasteiger charge is -2.23. The van der Waals surface area contributed by atoms with Crippen molar-refractivity contribution in [2.45, 2.75) is 31.2 Å². The smallest absolute Gasteiger partial charge is 0.263 e. The number of halogens is 1. The van der Waals surface area contributed by atoms with Crippen LogP contribution in [0.5, 0.6) is 0 Å². The molecular formula is C19H27ClN4O3S. The first-order valence-electron chi connectivity index (χ1n) is 9.54. The van der Waals surface area contributed by atoms with Gasteiger partial charge < -0.3 is 10.2 Å². The van der Waals surface area contributed by atoms with E-state index in [4.69, 9.17) is 0 Å². The van der Waals surface area contributed by atoms with Crippen LogP contribution in [0, 0.1) is 17.8 Å². The largest absolute Gasteiger partial charge is 0.340 e. The molecule has 0 radical (unpaired) electrons. The predicted octanol–water partition coefficient (Wildman–Crippen LogP) is 1.24. The highest BCUT2D eigenvalue weighted by Gasteiger charge is 2.40. The number of hydrogen-bond acceptors (Lipinski definition) is 5. The van der Waals surface area contributed by atoms with Crippen LogP contribution in [0.1, 0.15) is 25.8 Å². The van der Waals surface area contributed by atoms with Gasteiger partial charge in [-0.2, -0.15) is 0 Å². The maximum Gasteiger partial charge on any atom is 0.263 e. The molecule has 28 heavy (non-hydrogen) atoms. The number of amidine groups is 1. The van der Waals surface area contributed by atoms with Gasteiger partial charge in [0.05, 0.1) is 4.90 Å². The number of carbonyl (C=O) groups is 1. The number of nitrogens with zero attached hydrogens (tertiary/aromatic N) is 2. The second-order valence-corrected chi connectivity index (χ2v) is 9.80. The molecule has 2 saturated heterocycles. The minimum Gasteiger partial charge on any atom is -0.340 e. The minimum atomic E-state index is -3.60. The highest BCUT2D eigenvalue weighted by atomic mass is 35.5. The molecule has 2 fully saturated rings. The first kappa shape index (κ1) is 21.1. The van der Waals surface area contributed by atoms with Crippen molar-refractivity contribution in [3.63, 3.8) is 0 Å². The normalized spacial score (nSPS) is 27.2. The molecule has 0 saturated carbocycles. The van der Waals surface area contributed by atoms with Crippen LogP contribution < -0.4 is 10.0 Å². The molecule has 1 amide bonds. The fourth-order valence-corrected chi connectivity index (χ4v) is 5.53. The molecule has 3 aliphatic rings. The van der Waals surface area contributed by atoms with Gasteiger partial charge in [-0.25, -0.2) is 8.42 Å². The van der Waals surface area contributed by atoms with Crippen LogP contribution in [0.3, 0.4) is 0 Å². The van der Waals surface area contributed by atoms with Crippen LogP contribution in [-0.4, -0.2) is 57.3 Å². The van der Waals surface area contributed by atoms with Gasteiger partial charge in [-0.05, 0) is 36.3 Å². The van der Waals surface area contributed by atoms with Gasteiger partial charge in [0.1, 0.15) is 11.9 Å². The molecule has 3 atom stereocenters. The molecule has 7 nitrogen and oxygen atoms in total. The molecule has 9 heteroatoms. The third-order valence-corrected chi connectivity index (χ3v) is 7.03. The summed E-state index contributed by atoms with van der Waals surface area (Å²) >= 11 is 0. The standard InChI is InChI=1S/C19H26N4O3S.ClH/c1-12(2)7-16(19(24)23-10-13-8-20-9-14(13)11-23)21-18-15-5-3-4-6-17(15)27(25,26)22-18;/h3-6,12-14,16,20H,7-11H2,1-2H3,(H,21,22);1H/t13-,14+,16?;. The number of fused-ring (bicyclic) bond motifs is 2. The Balaban J connectivity index is 0.00000225. The average molecular weight is 427 g/mol. The maximum atomic E-state index is 13.2. The molecule has 0 aliphatic carbocycles. The number of hydrogen-bond donors (Lipinski definition) is 2. The summed E-state index contributed by atoms with van der Waals surface area (Å²) in [5, 5.41) is 3.38. The van der Waals surface area contributed by atoms with Gasteiger partial charge in [0.15, 0.2) is 0 Å². The summed E-state index contributed by atoms with van der Waals surface area (Å²) in [7, 11) is -3.60. The van der Waals surface area contributed by atoms with Crippen molar-refractivity contribution < 1.29 is 13.2 Å². The van der Waals surface area contributed by atoms with E-state index < -0.39 is 16.1 Å². The lowest BCUT2D eigenvalue weighted by atomic mass is 10.0. The number of rotatable bonds is 4. The number of likely N-dealkylation sites (tertiary alicyclic amines) is 1. The molecule has 0 aromatic heterocycles. The van der Waals surface area contributed by atoms with Crippen molar-refractivity contribution >= 4 is 34.2 Å². The second kappa shape index (κ2) is 8.00. The van der Waals surface area contributed by atoms with E-state index in [0.717, 1.165) is 26.2 Å². The zero-order chi connectivity index (χ0) is 19.2. The van der Waals surface area contributed by atoms with E-state index in [1.807, 2.05) is 4.90 Å². The summed E-state index contributed by atoms with van der Waals surface area (Å²) < 4.78 is 27.2. The van der Waals surface area contributed by atoms with Crippen molar-refractivity contribution in [1.82, 2.24) is 14.9 Å². The van der Waals surface area contributed by atoms with E-state index in [1.165, 1.54) is 0 Å². The molecule has 154 valence electrons. The molecule has 3 heterocycles. The van der Waals surface area contributed by atoms with Crippen molar-refractivity contribution in [2.24, 2.45) is 22.7 Å². The fourth-order valence-electron chi connectivity index (χ4n) is 4.29. The minimum absolute atomic E-state index is 0. The summed E-state index contributed by atoms with van der Waals surface area (Å²) in [4.78, 5) is 19.9. The molecule has 3 aliphatic heterocycles. The highest BCUT2D eigenvalue weighted by Crippen LogP contribution is 2.28. The molecule has 1 aromatic carbocycles. The average Bonchev–Trinajstić information content (AvgIpc) is 3.26. The van der Waals surface area contributed by atoms with Crippen LogP contribution in [-0.2, 0) is 14.8 Å².